The molecule has 0 amide bonds. The molecule has 0 aliphatic carbocycles. The van der Waals surface area contributed by atoms with Gasteiger partial charge in [0.1, 0.15) is 17.4 Å². The molecule has 1 unspecified atom stereocenters. The van der Waals surface area contributed by atoms with Gasteiger partial charge in [-0.2, -0.15) is 9.97 Å². The van der Waals surface area contributed by atoms with Crippen molar-refractivity contribution in [3.05, 3.63) is 47.3 Å². The molecule has 1 atom stereocenters. The Hall–Kier alpha value is -3.98. The van der Waals surface area contributed by atoms with Gasteiger partial charge in [0.05, 0.1) is 29.8 Å². The number of phenolic OH excluding ortho intramolecular Hbond substituents is 1. The molecule has 0 spiro atoms. The summed E-state index contributed by atoms with van der Waals surface area (Å²) >= 11 is 0. The van der Waals surface area contributed by atoms with Crippen LogP contribution in [-0.4, -0.2) is 61.2 Å². The highest BCUT2D eigenvalue weighted by Gasteiger charge is 2.28. The van der Waals surface area contributed by atoms with Crippen LogP contribution in [0.15, 0.2) is 30.3 Å². The van der Waals surface area contributed by atoms with Gasteiger partial charge in [-0.15, -0.1) is 0 Å². The third kappa shape index (κ3) is 7.51. The van der Waals surface area contributed by atoms with Gasteiger partial charge in [-0.25, -0.2) is 4.39 Å². The number of benzene rings is 3. The molecule has 1 aromatic heterocycles. The maximum atomic E-state index is 15.2. The third-order valence-corrected chi connectivity index (χ3v) is 9.77. The molecule has 4 aromatic rings. The number of hydrogen-bond donors (Lipinski definition) is 3. The summed E-state index contributed by atoms with van der Waals surface area (Å²) < 4.78 is 27.6. The Morgan fingerprint density at radius 2 is 1.81 bits per heavy atom. The highest BCUT2D eigenvalue weighted by molar-refractivity contribution is 6.14. The molecule has 5 rings (SSSR count). The summed E-state index contributed by atoms with van der Waals surface area (Å²) in [6.45, 7) is 11.9. The molecule has 48 heavy (non-hydrogen) atoms. The quantitative estimate of drug-likeness (QED) is 0.0865. The van der Waals surface area contributed by atoms with Gasteiger partial charge in [-0.3, -0.25) is 0 Å². The first kappa shape index (κ1) is 35.3. The number of unbranched alkanes of at least 4 members (excludes halogenated alkanes) is 3. The number of fused-ring (bicyclic) bond motifs is 2. The number of nitrogens with zero attached hydrogens (tertiary/aromatic N) is 3. The lowest BCUT2D eigenvalue weighted by Crippen LogP contribution is -2.29. The van der Waals surface area contributed by atoms with Crippen molar-refractivity contribution in [3.63, 3.8) is 0 Å². The average molecular weight is 658 g/mol. The topological polar surface area (TPSA) is 104 Å². The summed E-state index contributed by atoms with van der Waals surface area (Å²) in [6.07, 6.45) is 10.6. The maximum absolute atomic E-state index is 15.2. The Balaban J connectivity index is 1.74. The average Bonchev–Trinajstić information content (AvgIpc) is 3.38. The normalized spacial score (nSPS) is 15.0. The lowest BCUT2D eigenvalue weighted by atomic mass is 9.81. The Morgan fingerprint density at radius 1 is 1.02 bits per heavy atom. The molecule has 3 aromatic carbocycles. The predicted octanol–water partition coefficient (Wildman–Crippen LogP) is 9.28. The van der Waals surface area contributed by atoms with Crippen LogP contribution in [0.5, 0.6) is 11.8 Å². The van der Waals surface area contributed by atoms with E-state index in [0.29, 0.717) is 78.1 Å². The zero-order valence-electron chi connectivity index (χ0n) is 29.3. The molecule has 2 heterocycles. The van der Waals surface area contributed by atoms with Crippen LogP contribution in [0.25, 0.3) is 32.8 Å². The summed E-state index contributed by atoms with van der Waals surface area (Å²) in [4.78, 5) is 12.3. The van der Waals surface area contributed by atoms with Gasteiger partial charge < -0.3 is 30.2 Å². The number of phenols is 1. The first-order valence-electron chi connectivity index (χ1n) is 17.7. The number of aryl methyl sites for hydroxylation is 1. The molecular formula is C39H52FN5O3. The van der Waals surface area contributed by atoms with E-state index in [0.717, 1.165) is 61.2 Å². The second kappa shape index (κ2) is 15.9. The summed E-state index contributed by atoms with van der Waals surface area (Å²) in [5.41, 5.74) is 3.89. The van der Waals surface area contributed by atoms with Gasteiger partial charge >= 0.3 is 6.01 Å². The molecule has 0 saturated carbocycles. The van der Waals surface area contributed by atoms with E-state index < -0.39 is 0 Å². The third-order valence-electron chi connectivity index (χ3n) is 9.77. The summed E-state index contributed by atoms with van der Waals surface area (Å²) in [6, 6.07) is 8.78. The SMILES string of the molecule is CCCCCC(C)(CCCC)COc1nc(N2CCCOCC2)c2c(C=N)c(NC)c(-c3cc(O)cc4ccc(F)c(CC)c34)cc2n1. The number of ether oxygens (including phenoxy) is 2. The lowest BCUT2D eigenvalue weighted by molar-refractivity contribution is 0.126. The van der Waals surface area contributed by atoms with Crippen LogP contribution >= 0.6 is 0 Å². The van der Waals surface area contributed by atoms with E-state index in [1.165, 1.54) is 25.1 Å². The van der Waals surface area contributed by atoms with Gasteiger partial charge in [-0.1, -0.05) is 65.9 Å². The summed E-state index contributed by atoms with van der Waals surface area (Å²) in [7, 11) is 1.82. The fourth-order valence-corrected chi connectivity index (χ4v) is 7.14. The molecule has 8 nitrogen and oxygen atoms in total. The minimum absolute atomic E-state index is 0.00246. The summed E-state index contributed by atoms with van der Waals surface area (Å²) in [5.74, 6) is 0.505. The monoisotopic (exact) mass is 657 g/mol. The summed E-state index contributed by atoms with van der Waals surface area (Å²) in [5, 5.41) is 25.1. The van der Waals surface area contributed by atoms with Crippen molar-refractivity contribution in [1.82, 2.24) is 9.97 Å². The maximum Gasteiger partial charge on any atom is 0.318 e. The number of hydrogen-bond acceptors (Lipinski definition) is 8. The fourth-order valence-electron chi connectivity index (χ4n) is 7.14. The van der Waals surface area contributed by atoms with Crippen molar-refractivity contribution in [2.45, 2.75) is 85.5 Å². The molecule has 0 radical (unpaired) electrons. The minimum Gasteiger partial charge on any atom is -0.508 e. The van der Waals surface area contributed by atoms with Crippen molar-refractivity contribution >= 4 is 39.4 Å². The van der Waals surface area contributed by atoms with Gasteiger partial charge in [0.25, 0.3) is 0 Å². The van der Waals surface area contributed by atoms with Gasteiger partial charge in [0, 0.05) is 49.5 Å². The zero-order valence-corrected chi connectivity index (χ0v) is 29.3. The lowest BCUT2D eigenvalue weighted by Gasteiger charge is -2.30. The smallest absolute Gasteiger partial charge is 0.318 e. The number of rotatable bonds is 15. The molecule has 9 heteroatoms. The van der Waals surface area contributed by atoms with E-state index in [4.69, 9.17) is 24.9 Å². The van der Waals surface area contributed by atoms with E-state index in [2.05, 4.69) is 31.0 Å². The fraction of sp³-hybridized carbons (Fsp3) is 0.513. The van der Waals surface area contributed by atoms with E-state index >= 15 is 4.39 Å². The van der Waals surface area contributed by atoms with Crippen LogP contribution in [0, 0.1) is 16.6 Å². The molecular weight excluding hydrogens is 605 g/mol. The van der Waals surface area contributed by atoms with Crippen molar-refractivity contribution in [3.8, 4) is 22.9 Å². The van der Waals surface area contributed by atoms with Crippen LogP contribution < -0.4 is 15.0 Å². The molecule has 1 saturated heterocycles. The van der Waals surface area contributed by atoms with Crippen molar-refractivity contribution in [2.24, 2.45) is 5.41 Å². The van der Waals surface area contributed by atoms with Crippen LogP contribution in [0.3, 0.4) is 0 Å². The number of nitrogens with one attached hydrogen (secondary N) is 2. The molecule has 258 valence electrons. The Morgan fingerprint density at radius 3 is 2.54 bits per heavy atom. The second-order valence-electron chi connectivity index (χ2n) is 13.4. The van der Waals surface area contributed by atoms with Crippen LogP contribution in [0.1, 0.15) is 90.2 Å². The van der Waals surface area contributed by atoms with Crippen LogP contribution in [-0.2, 0) is 11.2 Å². The van der Waals surface area contributed by atoms with E-state index in [9.17, 15) is 5.11 Å². The Kier molecular flexibility index (Phi) is 11.7. The van der Waals surface area contributed by atoms with Crippen LogP contribution in [0.4, 0.5) is 15.9 Å². The molecule has 3 N–H and O–H groups in total. The highest BCUT2D eigenvalue weighted by atomic mass is 19.1. The number of aromatic nitrogens is 2. The Labute approximate surface area is 284 Å². The first-order valence-corrected chi connectivity index (χ1v) is 17.7. The van der Waals surface area contributed by atoms with Gasteiger partial charge in [0.15, 0.2) is 0 Å². The standard InChI is InChI=1S/C39H52FN5O3/c1-6-9-11-16-39(4,15-10-7-2)25-48-38-43-33-23-30(29-22-27(46)21-26-13-14-32(40)28(8-3)34(26)29)36(42-5)31(24-41)35(33)37(44-38)45-17-12-19-47-20-18-45/h13-14,21-24,41-42,46H,6-12,15-20,25H2,1-5H3. The molecule has 1 aliphatic rings. The highest BCUT2D eigenvalue weighted by Crippen LogP contribution is 2.44. The van der Waals surface area contributed by atoms with Crippen molar-refractivity contribution in [2.75, 3.05) is 50.2 Å². The Bertz CT molecular complexity index is 1740. The zero-order chi connectivity index (χ0) is 34.3. The number of aromatic hydroxyl groups is 1. The molecule has 1 fully saturated rings. The minimum atomic E-state index is -0.287. The van der Waals surface area contributed by atoms with Gasteiger partial charge in [-0.05, 0) is 71.8 Å². The first-order chi connectivity index (χ1) is 23.3. The predicted molar refractivity (Wildman–Crippen MR) is 196 cm³/mol. The second-order valence-corrected chi connectivity index (χ2v) is 13.4. The molecule has 0 bridgehead atoms. The largest absolute Gasteiger partial charge is 0.508 e. The van der Waals surface area contributed by atoms with E-state index in [1.807, 2.05) is 20.0 Å². The van der Waals surface area contributed by atoms with Crippen LogP contribution in [0.2, 0.25) is 0 Å². The number of anilines is 2. The number of halogens is 1. The van der Waals surface area contributed by atoms with E-state index in [1.54, 1.807) is 18.2 Å². The van der Waals surface area contributed by atoms with E-state index in [-0.39, 0.29) is 17.0 Å². The van der Waals surface area contributed by atoms with Crippen molar-refractivity contribution in [1.29, 1.82) is 5.41 Å². The van der Waals surface area contributed by atoms with Gasteiger partial charge in [0.2, 0.25) is 0 Å². The molecule has 1 aliphatic heterocycles. The van der Waals surface area contributed by atoms with Crippen molar-refractivity contribution < 1.29 is 19.0 Å².